The second-order valence-corrected chi connectivity index (χ2v) is 1.99. The first-order valence-electron chi connectivity index (χ1n) is 2.58. The van der Waals surface area contributed by atoms with Gasteiger partial charge in [0.15, 0.2) is 6.29 Å². The van der Waals surface area contributed by atoms with Gasteiger partial charge in [0.2, 0.25) is 0 Å². The Bertz CT molecular complexity index is 107. The van der Waals surface area contributed by atoms with Gasteiger partial charge in [-0.2, -0.15) is 0 Å². The van der Waals surface area contributed by atoms with Gasteiger partial charge in [0.05, 0.1) is 0 Å². The molecule has 0 aromatic heterocycles. The van der Waals surface area contributed by atoms with Gasteiger partial charge in [-0.05, 0) is 14.1 Å². The van der Waals surface area contributed by atoms with Crippen LogP contribution in [0.3, 0.4) is 0 Å². The summed E-state index contributed by atoms with van der Waals surface area (Å²) in [5.41, 5.74) is 0. The first-order chi connectivity index (χ1) is 4.09. The SMILES string of the molecule is C#C[C@@H](C(O)O)N(C)C. The summed E-state index contributed by atoms with van der Waals surface area (Å²) < 4.78 is 0. The van der Waals surface area contributed by atoms with E-state index in [1.54, 1.807) is 19.0 Å². The zero-order valence-corrected chi connectivity index (χ0v) is 5.57. The molecule has 0 heterocycles. The van der Waals surface area contributed by atoms with Gasteiger partial charge >= 0.3 is 0 Å². The fourth-order valence-corrected chi connectivity index (χ4v) is 0.502. The van der Waals surface area contributed by atoms with Crippen LogP contribution in [0.5, 0.6) is 0 Å². The molecular formula is C6H11NO2. The number of hydrogen-bond donors (Lipinski definition) is 2. The molecule has 0 amide bonds. The first-order valence-corrected chi connectivity index (χ1v) is 2.58. The Morgan fingerprint density at radius 1 is 1.44 bits per heavy atom. The number of aliphatic hydroxyl groups is 2. The molecule has 3 heteroatoms. The topological polar surface area (TPSA) is 43.7 Å². The number of terminal acetylenes is 1. The third-order valence-electron chi connectivity index (χ3n) is 1.01. The molecular weight excluding hydrogens is 118 g/mol. The van der Waals surface area contributed by atoms with Crippen molar-refractivity contribution in [2.45, 2.75) is 12.3 Å². The molecule has 52 valence electrons. The number of rotatable bonds is 2. The summed E-state index contributed by atoms with van der Waals surface area (Å²) in [6.45, 7) is 0. The summed E-state index contributed by atoms with van der Waals surface area (Å²) in [5, 5.41) is 17.1. The Kier molecular flexibility index (Phi) is 3.25. The molecule has 0 unspecified atom stereocenters. The van der Waals surface area contributed by atoms with Gasteiger partial charge in [0, 0.05) is 0 Å². The summed E-state index contributed by atoms with van der Waals surface area (Å²) in [6, 6.07) is -0.606. The lowest BCUT2D eigenvalue weighted by atomic mass is 10.3. The van der Waals surface area contributed by atoms with Crippen LogP contribution in [0.2, 0.25) is 0 Å². The lowest BCUT2D eigenvalue weighted by molar-refractivity contribution is -0.0740. The van der Waals surface area contributed by atoms with Gasteiger partial charge in [-0.25, -0.2) is 0 Å². The first kappa shape index (κ1) is 8.44. The summed E-state index contributed by atoms with van der Waals surface area (Å²) >= 11 is 0. The van der Waals surface area contributed by atoms with Crippen LogP contribution in [0.15, 0.2) is 0 Å². The van der Waals surface area contributed by atoms with Crippen LogP contribution >= 0.6 is 0 Å². The van der Waals surface area contributed by atoms with Crippen molar-refractivity contribution >= 4 is 0 Å². The Morgan fingerprint density at radius 2 is 1.89 bits per heavy atom. The van der Waals surface area contributed by atoms with Gasteiger partial charge in [0.1, 0.15) is 6.04 Å². The summed E-state index contributed by atoms with van der Waals surface area (Å²) in [5.74, 6) is 2.23. The molecule has 3 nitrogen and oxygen atoms in total. The minimum absolute atomic E-state index is 0.606. The molecule has 0 radical (unpaired) electrons. The van der Waals surface area contributed by atoms with Crippen LogP contribution in [0, 0.1) is 12.3 Å². The molecule has 0 aliphatic carbocycles. The molecule has 1 atom stereocenters. The smallest absolute Gasteiger partial charge is 0.178 e. The number of nitrogens with zero attached hydrogens (tertiary/aromatic N) is 1. The molecule has 0 bridgehead atoms. The van der Waals surface area contributed by atoms with E-state index in [1.165, 1.54) is 0 Å². The van der Waals surface area contributed by atoms with Gasteiger partial charge in [-0.15, -0.1) is 6.42 Å². The molecule has 0 aliphatic heterocycles. The van der Waals surface area contributed by atoms with Crippen LogP contribution in [0.25, 0.3) is 0 Å². The molecule has 0 aromatic carbocycles. The molecule has 0 saturated carbocycles. The summed E-state index contributed by atoms with van der Waals surface area (Å²) in [6.07, 6.45) is 3.51. The molecule has 0 rings (SSSR count). The standard InChI is InChI=1S/C6H11NO2/c1-4-5(6(8)9)7(2)3/h1,5-6,8-9H,2-3H3/t5-/m0/s1. The molecule has 0 saturated heterocycles. The fourth-order valence-electron chi connectivity index (χ4n) is 0.502. The average Bonchev–Trinajstić information content (AvgIpc) is 1.64. The second-order valence-electron chi connectivity index (χ2n) is 1.99. The zero-order valence-electron chi connectivity index (χ0n) is 5.57. The number of hydrogen-bond acceptors (Lipinski definition) is 3. The molecule has 0 fully saturated rings. The molecule has 0 aliphatic rings. The van der Waals surface area contributed by atoms with E-state index in [-0.39, 0.29) is 0 Å². The maximum absolute atomic E-state index is 8.55. The van der Waals surface area contributed by atoms with Crippen molar-refractivity contribution in [3.63, 3.8) is 0 Å². The van der Waals surface area contributed by atoms with E-state index in [1.807, 2.05) is 0 Å². The van der Waals surface area contributed by atoms with Crippen molar-refractivity contribution in [1.82, 2.24) is 4.90 Å². The van der Waals surface area contributed by atoms with Gasteiger partial charge < -0.3 is 10.2 Å². The summed E-state index contributed by atoms with van der Waals surface area (Å²) in [4.78, 5) is 1.56. The Balaban J connectivity index is 3.87. The Morgan fingerprint density at radius 3 is 1.89 bits per heavy atom. The minimum atomic E-state index is -1.45. The van der Waals surface area contributed by atoms with Crippen molar-refractivity contribution in [2.24, 2.45) is 0 Å². The highest BCUT2D eigenvalue weighted by atomic mass is 16.5. The van der Waals surface area contributed by atoms with Crippen LogP contribution in [-0.2, 0) is 0 Å². The summed E-state index contributed by atoms with van der Waals surface area (Å²) in [7, 11) is 3.37. The highest BCUT2D eigenvalue weighted by Gasteiger charge is 2.14. The minimum Gasteiger partial charge on any atom is -0.366 e. The fraction of sp³-hybridized carbons (Fsp3) is 0.667. The third kappa shape index (κ3) is 2.47. The van der Waals surface area contributed by atoms with E-state index in [0.717, 1.165) is 0 Å². The predicted octanol–water partition coefficient (Wildman–Crippen LogP) is -1.14. The van der Waals surface area contributed by atoms with E-state index in [2.05, 4.69) is 5.92 Å². The maximum Gasteiger partial charge on any atom is 0.178 e. The lowest BCUT2D eigenvalue weighted by Gasteiger charge is -2.19. The van der Waals surface area contributed by atoms with Crippen molar-refractivity contribution < 1.29 is 10.2 Å². The highest BCUT2D eigenvalue weighted by Crippen LogP contribution is 1.94. The average molecular weight is 129 g/mol. The van der Waals surface area contributed by atoms with Crippen LogP contribution in [0.1, 0.15) is 0 Å². The Labute approximate surface area is 54.9 Å². The normalized spacial score (nSPS) is 13.9. The van der Waals surface area contributed by atoms with Crippen molar-refractivity contribution in [2.75, 3.05) is 14.1 Å². The van der Waals surface area contributed by atoms with Crippen molar-refractivity contribution in [3.05, 3.63) is 0 Å². The van der Waals surface area contributed by atoms with Gasteiger partial charge in [-0.1, -0.05) is 5.92 Å². The predicted molar refractivity (Wildman–Crippen MR) is 34.5 cm³/mol. The van der Waals surface area contributed by atoms with Crippen molar-refractivity contribution in [3.8, 4) is 12.3 Å². The van der Waals surface area contributed by atoms with E-state index in [0.29, 0.717) is 0 Å². The zero-order chi connectivity index (χ0) is 7.44. The molecule has 2 N–H and O–H groups in total. The van der Waals surface area contributed by atoms with Crippen LogP contribution < -0.4 is 0 Å². The second kappa shape index (κ2) is 3.46. The monoisotopic (exact) mass is 129 g/mol. The van der Waals surface area contributed by atoms with Crippen molar-refractivity contribution in [1.29, 1.82) is 0 Å². The molecule has 0 spiro atoms. The Hall–Kier alpha value is -0.560. The van der Waals surface area contributed by atoms with Gasteiger partial charge in [0.25, 0.3) is 0 Å². The lowest BCUT2D eigenvalue weighted by Crippen LogP contribution is -2.37. The molecule has 0 aromatic rings. The van der Waals surface area contributed by atoms with Crippen LogP contribution in [-0.4, -0.2) is 41.5 Å². The largest absolute Gasteiger partial charge is 0.366 e. The van der Waals surface area contributed by atoms with E-state index < -0.39 is 12.3 Å². The van der Waals surface area contributed by atoms with E-state index >= 15 is 0 Å². The number of aliphatic hydroxyl groups excluding tert-OH is 1. The quantitative estimate of drug-likeness (QED) is 0.366. The highest BCUT2D eigenvalue weighted by molar-refractivity contribution is 4.99. The molecule has 9 heavy (non-hydrogen) atoms. The van der Waals surface area contributed by atoms with Gasteiger partial charge in [-0.3, -0.25) is 4.90 Å². The van der Waals surface area contributed by atoms with E-state index in [9.17, 15) is 0 Å². The maximum atomic E-state index is 8.55. The third-order valence-corrected chi connectivity index (χ3v) is 1.01. The number of likely N-dealkylation sites (N-methyl/N-ethyl adjacent to an activating group) is 1. The van der Waals surface area contributed by atoms with Crippen LogP contribution in [0.4, 0.5) is 0 Å². The van der Waals surface area contributed by atoms with E-state index in [4.69, 9.17) is 16.6 Å².